The van der Waals surface area contributed by atoms with Gasteiger partial charge in [0.05, 0.1) is 7.11 Å². The van der Waals surface area contributed by atoms with Gasteiger partial charge in [0, 0.05) is 21.5 Å². The molecule has 7 nitrogen and oxygen atoms in total. The van der Waals surface area contributed by atoms with Crippen molar-refractivity contribution in [2.75, 3.05) is 23.9 Å². The zero-order valence-electron chi connectivity index (χ0n) is 21.9. The number of nitrogens with one attached hydrogen (secondary N) is 1. The minimum absolute atomic E-state index is 0.0868. The molecule has 40 heavy (non-hydrogen) atoms. The Morgan fingerprint density at radius 3 is 2.10 bits per heavy atom. The van der Waals surface area contributed by atoms with E-state index in [4.69, 9.17) is 9.47 Å². The molecule has 0 aliphatic rings. The first-order valence-corrected chi connectivity index (χ1v) is 13.1. The molecule has 0 heterocycles. The molecule has 0 aliphatic carbocycles. The molecule has 4 aromatic carbocycles. The molecule has 0 atom stereocenters. The Morgan fingerprint density at radius 2 is 1.52 bits per heavy atom. The topological polar surface area (TPSA) is 91.7 Å². The number of carbonyl (C=O) groups excluding carboxylic acids is 2. The number of nitriles is 1. The van der Waals surface area contributed by atoms with Gasteiger partial charge in [-0.1, -0.05) is 70.5 Å². The zero-order chi connectivity index (χ0) is 28.5. The summed E-state index contributed by atoms with van der Waals surface area (Å²) in [5.41, 5.74) is 3.37. The predicted octanol–water partition coefficient (Wildman–Crippen LogP) is 7.06. The molecule has 8 heteroatoms. The fourth-order valence-corrected chi connectivity index (χ4v) is 4.37. The summed E-state index contributed by atoms with van der Waals surface area (Å²) in [5, 5.41) is 12.4. The van der Waals surface area contributed by atoms with E-state index in [9.17, 15) is 14.9 Å². The highest BCUT2D eigenvalue weighted by Crippen LogP contribution is 2.35. The zero-order valence-corrected chi connectivity index (χ0v) is 23.5. The highest BCUT2D eigenvalue weighted by molar-refractivity contribution is 9.10. The monoisotopic (exact) mass is 595 g/mol. The van der Waals surface area contributed by atoms with Gasteiger partial charge in [-0.3, -0.25) is 14.5 Å². The molecule has 4 rings (SSSR count). The number of amides is 2. The second-order valence-corrected chi connectivity index (χ2v) is 9.51. The Bertz CT molecular complexity index is 1540. The summed E-state index contributed by atoms with van der Waals surface area (Å²) in [5.74, 6) is -0.150. The van der Waals surface area contributed by atoms with Crippen LogP contribution in [0.3, 0.4) is 0 Å². The van der Waals surface area contributed by atoms with Crippen LogP contribution in [-0.4, -0.2) is 25.5 Å². The van der Waals surface area contributed by atoms with E-state index in [1.54, 1.807) is 23.1 Å². The maximum absolute atomic E-state index is 13.4. The molecular weight excluding hydrogens is 570 g/mol. The van der Waals surface area contributed by atoms with E-state index in [0.717, 1.165) is 5.56 Å². The lowest BCUT2D eigenvalue weighted by Crippen LogP contribution is -2.31. The largest absolute Gasteiger partial charge is 0.493 e. The average molecular weight is 596 g/mol. The van der Waals surface area contributed by atoms with E-state index in [-0.39, 0.29) is 18.1 Å². The van der Waals surface area contributed by atoms with Gasteiger partial charge in [0.2, 0.25) is 0 Å². The lowest BCUT2D eigenvalue weighted by Gasteiger charge is -2.23. The number of aryl methyl sites for hydroxylation is 1. The number of halogens is 1. The lowest BCUT2D eigenvalue weighted by molar-refractivity contribution is -0.119. The maximum atomic E-state index is 13.4. The first-order chi connectivity index (χ1) is 19.4. The van der Waals surface area contributed by atoms with Gasteiger partial charge in [0.25, 0.3) is 11.8 Å². The van der Waals surface area contributed by atoms with Crippen LogP contribution < -0.4 is 19.7 Å². The Labute approximate surface area is 241 Å². The highest BCUT2D eigenvalue weighted by Gasteiger charge is 2.20. The third-order valence-corrected chi connectivity index (χ3v) is 6.66. The van der Waals surface area contributed by atoms with E-state index in [1.165, 1.54) is 13.2 Å². The van der Waals surface area contributed by atoms with Gasteiger partial charge in [0.1, 0.15) is 11.6 Å². The van der Waals surface area contributed by atoms with Gasteiger partial charge in [-0.15, -0.1) is 0 Å². The van der Waals surface area contributed by atoms with Crippen molar-refractivity contribution in [3.05, 3.63) is 118 Å². The Kier molecular flexibility index (Phi) is 9.34. The van der Waals surface area contributed by atoms with Crippen LogP contribution in [0, 0.1) is 18.3 Å². The first kappa shape index (κ1) is 28.1. The van der Waals surface area contributed by atoms with Crippen molar-refractivity contribution in [1.29, 1.82) is 5.26 Å². The van der Waals surface area contributed by atoms with Gasteiger partial charge in [-0.2, -0.15) is 5.26 Å². The molecule has 2 amide bonds. The van der Waals surface area contributed by atoms with E-state index < -0.39 is 5.91 Å². The van der Waals surface area contributed by atoms with Crippen LogP contribution in [0.5, 0.6) is 11.5 Å². The van der Waals surface area contributed by atoms with Gasteiger partial charge >= 0.3 is 0 Å². The fraction of sp³-hybridized carbons (Fsp3) is 0.0938. The average Bonchev–Trinajstić information content (AvgIpc) is 2.98. The molecule has 4 aromatic rings. The second-order valence-electron chi connectivity index (χ2n) is 8.65. The Morgan fingerprint density at radius 1 is 0.925 bits per heavy atom. The normalized spacial score (nSPS) is 10.8. The minimum Gasteiger partial charge on any atom is -0.493 e. The van der Waals surface area contributed by atoms with Gasteiger partial charge in [-0.05, 0) is 66.6 Å². The molecule has 0 bridgehead atoms. The number of hydrogen-bond donors (Lipinski definition) is 1. The molecular formula is C32H26BrN3O4. The number of carbonyl (C=O) groups is 2. The molecule has 0 unspecified atom stereocenters. The van der Waals surface area contributed by atoms with Crippen LogP contribution in [0.4, 0.5) is 17.1 Å². The van der Waals surface area contributed by atoms with Crippen LogP contribution in [0.25, 0.3) is 6.08 Å². The van der Waals surface area contributed by atoms with Crippen molar-refractivity contribution in [2.24, 2.45) is 0 Å². The van der Waals surface area contributed by atoms with Crippen molar-refractivity contribution in [3.63, 3.8) is 0 Å². The van der Waals surface area contributed by atoms with Crippen molar-refractivity contribution in [1.82, 2.24) is 0 Å². The fourth-order valence-electron chi connectivity index (χ4n) is 3.94. The summed E-state index contributed by atoms with van der Waals surface area (Å²) in [7, 11) is 1.47. The number of para-hydroxylation sites is 3. The van der Waals surface area contributed by atoms with E-state index in [0.29, 0.717) is 38.6 Å². The predicted molar refractivity (Wildman–Crippen MR) is 160 cm³/mol. The minimum atomic E-state index is -0.532. The van der Waals surface area contributed by atoms with E-state index in [1.807, 2.05) is 91.9 Å². The Hall–Kier alpha value is -4.87. The number of nitrogens with zero attached hydrogens (tertiary/aromatic N) is 2. The SMILES string of the molecule is COc1cc(C=C(C#N)C(=O)Nc2ccccc2C)c(Br)cc1OCC(=O)N(c1ccccc1)c1ccccc1. The summed E-state index contributed by atoms with van der Waals surface area (Å²) in [6, 6.07) is 31.2. The number of rotatable bonds is 9. The van der Waals surface area contributed by atoms with Crippen LogP contribution in [-0.2, 0) is 9.59 Å². The third kappa shape index (κ3) is 6.76. The summed E-state index contributed by atoms with van der Waals surface area (Å²) in [6.07, 6.45) is 1.46. The first-order valence-electron chi connectivity index (χ1n) is 12.3. The summed E-state index contributed by atoms with van der Waals surface area (Å²) < 4.78 is 12.0. The van der Waals surface area contributed by atoms with E-state index in [2.05, 4.69) is 21.2 Å². The summed E-state index contributed by atoms with van der Waals surface area (Å²) >= 11 is 3.49. The smallest absolute Gasteiger partial charge is 0.269 e. The van der Waals surface area contributed by atoms with Crippen molar-refractivity contribution < 1.29 is 19.1 Å². The van der Waals surface area contributed by atoms with Crippen LogP contribution >= 0.6 is 15.9 Å². The molecule has 0 radical (unpaired) electrons. The lowest BCUT2D eigenvalue weighted by atomic mass is 10.1. The maximum Gasteiger partial charge on any atom is 0.269 e. The highest BCUT2D eigenvalue weighted by atomic mass is 79.9. The number of anilines is 3. The van der Waals surface area contributed by atoms with Crippen LogP contribution in [0.15, 0.2) is 107 Å². The summed E-state index contributed by atoms with van der Waals surface area (Å²) in [6.45, 7) is 1.61. The van der Waals surface area contributed by atoms with Crippen LogP contribution in [0.2, 0.25) is 0 Å². The molecule has 0 spiro atoms. The Balaban J connectivity index is 1.55. The molecule has 0 saturated heterocycles. The molecule has 200 valence electrons. The number of ether oxygens (including phenoxy) is 2. The van der Waals surface area contributed by atoms with Crippen molar-refractivity contribution >= 4 is 50.9 Å². The summed E-state index contributed by atoms with van der Waals surface area (Å²) in [4.78, 5) is 27.7. The molecule has 0 fully saturated rings. The molecule has 0 aromatic heterocycles. The second kappa shape index (κ2) is 13.3. The molecule has 1 N–H and O–H groups in total. The van der Waals surface area contributed by atoms with Crippen molar-refractivity contribution in [3.8, 4) is 17.6 Å². The van der Waals surface area contributed by atoms with Crippen molar-refractivity contribution in [2.45, 2.75) is 6.92 Å². The van der Waals surface area contributed by atoms with Gasteiger partial charge in [-0.25, -0.2) is 0 Å². The number of methoxy groups -OCH3 is 1. The number of hydrogen-bond acceptors (Lipinski definition) is 5. The molecule has 0 aliphatic heterocycles. The van der Waals surface area contributed by atoms with Gasteiger partial charge in [0.15, 0.2) is 18.1 Å². The van der Waals surface area contributed by atoms with Crippen LogP contribution in [0.1, 0.15) is 11.1 Å². The molecule has 0 saturated carbocycles. The number of benzene rings is 4. The standard InChI is InChI=1S/C32H26BrN3O4/c1-22-11-9-10-16-28(22)35-32(38)24(20-34)17-23-18-29(39-2)30(19-27(23)33)40-21-31(37)36(25-12-5-3-6-13-25)26-14-7-4-8-15-26/h3-19H,21H2,1-2H3,(H,35,38). The quantitative estimate of drug-likeness (QED) is 0.165. The van der Waals surface area contributed by atoms with E-state index >= 15 is 0 Å². The van der Waals surface area contributed by atoms with Gasteiger partial charge < -0.3 is 14.8 Å². The third-order valence-electron chi connectivity index (χ3n) is 5.97.